The van der Waals surface area contributed by atoms with Crippen molar-refractivity contribution in [3.8, 4) is 0 Å². The zero-order valence-electron chi connectivity index (χ0n) is 12.9. The number of thioether (sulfide) groups is 1. The van der Waals surface area contributed by atoms with Crippen molar-refractivity contribution in [2.45, 2.75) is 44.0 Å². The van der Waals surface area contributed by atoms with E-state index in [2.05, 4.69) is 40.9 Å². The fourth-order valence-corrected chi connectivity index (χ4v) is 3.95. The van der Waals surface area contributed by atoms with E-state index in [0.717, 1.165) is 10.8 Å². The molecule has 1 aromatic heterocycles. The Kier molecular flexibility index (Phi) is 6.51. The minimum Gasteiger partial charge on any atom is -0.351 e. The summed E-state index contributed by atoms with van der Waals surface area (Å²) in [6.45, 7) is 3.25. The lowest BCUT2D eigenvalue weighted by molar-refractivity contribution is -0.122. The maximum atomic E-state index is 12.0. The summed E-state index contributed by atoms with van der Waals surface area (Å²) in [6, 6.07) is 4.41. The second-order valence-electron chi connectivity index (χ2n) is 5.60. The van der Waals surface area contributed by atoms with Gasteiger partial charge in [0.15, 0.2) is 0 Å². The van der Waals surface area contributed by atoms with E-state index in [1.807, 2.05) is 12.1 Å². The molecule has 0 aliphatic heterocycles. The molecule has 0 radical (unpaired) electrons. The van der Waals surface area contributed by atoms with Crippen LogP contribution in [0.4, 0.5) is 0 Å². The molecule has 1 N–H and O–H groups in total. The first-order valence-corrected chi connectivity index (χ1v) is 8.71. The van der Waals surface area contributed by atoms with Crippen LogP contribution in [0.15, 0.2) is 24.5 Å². The highest BCUT2D eigenvalue weighted by Crippen LogP contribution is 2.31. The van der Waals surface area contributed by atoms with E-state index in [9.17, 15) is 4.79 Å². The van der Waals surface area contributed by atoms with Crippen LogP contribution in [-0.4, -0.2) is 46.4 Å². The van der Waals surface area contributed by atoms with Gasteiger partial charge >= 0.3 is 0 Å². The summed E-state index contributed by atoms with van der Waals surface area (Å²) >= 11 is 2.05. The van der Waals surface area contributed by atoms with Gasteiger partial charge in [0.25, 0.3) is 0 Å². The van der Waals surface area contributed by atoms with E-state index in [4.69, 9.17) is 0 Å². The molecule has 21 heavy (non-hydrogen) atoms. The minimum absolute atomic E-state index is 0.0907. The predicted octanol–water partition coefficient (Wildman–Crippen LogP) is 2.30. The van der Waals surface area contributed by atoms with Crippen LogP contribution < -0.4 is 5.32 Å². The molecule has 0 bridgehead atoms. The summed E-state index contributed by atoms with van der Waals surface area (Å²) in [5.41, 5.74) is 1.04. The van der Waals surface area contributed by atoms with Crippen molar-refractivity contribution >= 4 is 17.7 Å². The maximum absolute atomic E-state index is 12.0. The molecular weight excluding hydrogens is 282 g/mol. The van der Waals surface area contributed by atoms with E-state index in [1.165, 1.54) is 25.0 Å². The van der Waals surface area contributed by atoms with Crippen LogP contribution in [0.25, 0.3) is 0 Å². The molecule has 5 heteroatoms. The van der Waals surface area contributed by atoms with Gasteiger partial charge in [-0.25, -0.2) is 0 Å². The smallest absolute Gasteiger partial charge is 0.234 e. The van der Waals surface area contributed by atoms with E-state index in [0.29, 0.717) is 19.1 Å². The molecule has 116 valence electrons. The first-order valence-electron chi connectivity index (χ1n) is 7.66. The van der Waals surface area contributed by atoms with Gasteiger partial charge in [-0.05, 0) is 43.7 Å². The van der Waals surface area contributed by atoms with Crippen LogP contribution in [0.3, 0.4) is 0 Å². The monoisotopic (exact) mass is 307 g/mol. The third kappa shape index (κ3) is 5.32. The fourth-order valence-electron chi connectivity index (χ4n) is 2.82. The van der Waals surface area contributed by atoms with Gasteiger partial charge < -0.3 is 5.32 Å². The highest BCUT2D eigenvalue weighted by molar-refractivity contribution is 7.99. The summed E-state index contributed by atoms with van der Waals surface area (Å²) in [5.74, 6) is 1.28. The molecule has 1 fully saturated rings. The summed E-state index contributed by atoms with van der Waals surface area (Å²) < 4.78 is 0. The van der Waals surface area contributed by atoms with Gasteiger partial charge in [0.05, 0.1) is 6.54 Å². The predicted molar refractivity (Wildman–Crippen MR) is 88.3 cm³/mol. The number of hydrogen-bond donors (Lipinski definition) is 1. The number of likely N-dealkylation sites (N-methyl/N-ethyl adjacent to an activating group) is 1. The van der Waals surface area contributed by atoms with Crippen LogP contribution in [0, 0.1) is 0 Å². The number of pyridine rings is 1. The molecular formula is C16H25N3OS. The van der Waals surface area contributed by atoms with E-state index < -0.39 is 0 Å². The molecule has 1 aliphatic rings. The first-order chi connectivity index (χ1) is 10.2. The normalized spacial score (nSPS) is 21.7. The molecule has 0 saturated heterocycles. The van der Waals surface area contributed by atoms with Gasteiger partial charge in [-0.1, -0.05) is 13.0 Å². The summed E-state index contributed by atoms with van der Waals surface area (Å²) in [4.78, 5) is 18.3. The maximum Gasteiger partial charge on any atom is 0.234 e. The Morgan fingerprint density at radius 3 is 3.10 bits per heavy atom. The Hall–Kier alpha value is -1.07. The van der Waals surface area contributed by atoms with Crippen molar-refractivity contribution < 1.29 is 4.79 Å². The van der Waals surface area contributed by atoms with E-state index >= 15 is 0 Å². The molecule has 1 saturated carbocycles. The van der Waals surface area contributed by atoms with Gasteiger partial charge in [0, 0.05) is 30.2 Å². The van der Waals surface area contributed by atoms with Crippen LogP contribution in [0.1, 0.15) is 31.7 Å². The molecule has 2 rings (SSSR count). The number of carbonyl (C=O) groups is 1. The van der Waals surface area contributed by atoms with Gasteiger partial charge in [0.1, 0.15) is 0 Å². The van der Waals surface area contributed by atoms with E-state index in [1.54, 1.807) is 12.4 Å². The Morgan fingerprint density at radius 2 is 2.38 bits per heavy atom. The van der Waals surface area contributed by atoms with Gasteiger partial charge in [-0.15, -0.1) is 0 Å². The van der Waals surface area contributed by atoms with Crippen LogP contribution >= 0.6 is 11.8 Å². The zero-order chi connectivity index (χ0) is 15.1. The summed E-state index contributed by atoms with van der Waals surface area (Å²) in [5, 5.41) is 3.74. The Morgan fingerprint density at radius 1 is 1.52 bits per heavy atom. The number of rotatable bonds is 7. The molecule has 1 heterocycles. The quantitative estimate of drug-likeness (QED) is 0.839. The zero-order valence-corrected chi connectivity index (χ0v) is 13.7. The Labute approximate surface area is 131 Å². The summed E-state index contributed by atoms with van der Waals surface area (Å²) in [7, 11) is 2.06. The van der Waals surface area contributed by atoms with Crippen LogP contribution in [-0.2, 0) is 11.3 Å². The second kappa shape index (κ2) is 8.39. The lowest BCUT2D eigenvalue weighted by Gasteiger charge is -2.23. The topological polar surface area (TPSA) is 45.2 Å². The third-order valence-corrected chi connectivity index (χ3v) is 5.22. The molecule has 1 aliphatic carbocycles. The van der Waals surface area contributed by atoms with Crippen molar-refractivity contribution in [3.63, 3.8) is 0 Å². The second-order valence-corrected chi connectivity index (χ2v) is 7.17. The largest absolute Gasteiger partial charge is 0.351 e. The van der Waals surface area contributed by atoms with Gasteiger partial charge in [-0.2, -0.15) is 11.8 Å². The average Bonchev–Trinajstić information content (AvgIpc) is 2.95. The number of carbonyl (C=O) groups excluding carboxylic acids is 1. The highest BCUT2D eigenvalue weighted by Gasteiger charge is 2.28. The number of amides is 1. The third-order valence-electron chi connectivity index (χ3n) is 3.99. The average molecular weight is 307 g/mol. The molecule has 4 nitrogen and oxygen atoms in total. The number of nitrogens with zero attached hydrogens (tertiary/aromatic N) is 2. The Balaban J connectivity index is 1.70. The summed E-state index contributed by atoms with van der Waals surface area (Å²) in [6.07, 6.45) is 7.23. The highest BCUT2D eigenvalue weighted by atomic mass is 32.2. The van der Waals surface area contributed by atoms with Crippen LogP contribution in [0.2, 0.25) is 0 Å². The van der Waals surface area contributed by atoms with E-state index in [-0.39, 0.29) is 5.91 Å². The molecule has 0 spiro atoms. The molecule has 2 atom stereocenters. The SMILES string of the molecule is CCS[C@@H]1CC[C@@H](N(C)CC(=O)NCc2cccnc2)C1. The lowest BCUT2D eigenvalue weighted by atomic mass is 10.2. The van der Waals surface area contributed by atoms with Crippen molar-refractivity contribution in [2.24, 2.45) is 0 Å². The number of aromatic nitrogens is 1. The van der Waals surface area contributed by atoms with Crippen molar-refractivity contribution in [1.82, 2.24) is 15.2 Å². The van der Waals surface area contributed by atoms with Crippen molar-refractivity contribution in [3.05, 3.63) is 30.1 Å². The Bertz CT molecular complexity index is 440. The minimum atomic E-state index is 0.0907. The van der Waals surface area contributed by atoms with Gasteiger partial charge in [0.2, 0.25) is 5.91 Å². The van der Waals surface area contributed by atoms with Crippen molar-refractivity contribution in [2.75, 3.05) is 19.3 Å². The number of nitrogens with one attached hydrogen (secondary N) is 1. The first kappa shape index (κ1) is 16.3. The van der Waals surface area contributed by atoms with Gasteiger partial charge in [-0.3, -0.25) is 14.7 Å². The standard InChI is InChI=1S/C16H25N3OS/c1-3-21-15-7-6-14(9-15)19(2)12-16(20)18-11-13-5-4-8-17-10-13/h4-5,8,10,14-15H,3,6-7,9,11-12H2,1-2H3,(H,18,20)/t14-,15-/m1/s1. The number of hydrogen-bond acceptors (Lipinski definition) is 4. The van der Waals surface area contributed by atoms with Crippen molar-refractivity contribution in [1.29, 1.82) is 0 Å². The molecule has 1 amide bonds. The molecule has 1 aromatic rings. The molecule has 0 unspecified atom stereocenters. The molecule has 0 aromatic carbocycles. The lowest BCUT2D eigenvalue weighted by Crippen LogP contribution is -2.39. The van der Waals surface area contributed by atoms with Crippen LogP contribution in [0.5, 0.6) is 0 Å². The fraction of sp³-hybridized carbons (Fsp3) is 0.625.